The molecule has 0 heterocycles. The van der Waals surface area contributed by atoms with Crippen molar-refractivity contribution in [3.05, 3.63) is 0 Å². The highest BCUT2D eigenvalue weighted by atomic mass is 32.1. The molecule has 0 aromatic carbocycles. The van der Waals surface area contributed by atoms with Crippen molar-refractivity contribution in [2.75, 3.05) is 13.6 Å². The van der Waals surface area contributed by atoms with E-state index < -0.39 is 5.41 Å². The lowest BCUT2D eigenvalue weighted by molar-refractivity contribution is -0.144. The van der Waals surface area contributed by atoms with E-state index in [1.54, 1.807) is 4.90 Å². The quantitative estimate of drug-likeness (QED) is 0.746. The van der Waals surface area contributed by atoms with E-state index in [-0.39, 0.29) is 12.0 Å². The van der Waals surface area contributed by atoms with Crippen LogP contribution in [0.25, 0.3) is 0 Å². The van der Waals surface area contributed by atoms with Crippen molar-refractivity contribution >= 4 is 23.1 Å². The predicted octanol–water partition coefficient (Wildman–Crippen LogP) is 0.918. The number of carbonyl (C=O) groups is 1. The van der Waals surface area contributed by atoms with Crippen LogP contribution in [-0.4, -0.2) is 40.6 Å². The van der Waals surface area contributed by atoms with Gasteiger partial charge in [-0.05, 0) is 37.5 Å². The third kappa shape index (κ3) is 2.26. The summed E-state index contributed by atoms with van der Waals surface area (Å²) < 4.78 is 0. The van der Waals surface area contributed by atoms with E-state index in [1.807, 2.05) is 7.05 Å². The molecular formula is C13H22N2O2S. The van der Waals surface area contributed by atoms with Crippen molar-refractivity contribution in [2.24, 2.45) is 23.0 Å². The zero-order valence-corrected chi connectivity index (χ0v) is 11.9. The molecule has 0 aromatic rings. The minimum atomic E-state index is -0.591. The van der Waals surface area contributed by atoms with Crippen LogP contribution >= 0.6 is 12.2 Å². The second-order valence-electron chi connectivity index (χ2n) is 6.14. The maximum Gasteiger partial charge on any atom is 0.235 e. The fraction of sp³-hybridized carbons (Fsp3) is 0.846. The van der Waals surface area contributed by atoms with Crippen LogP contribution in [0.15, 0.2) is 0 Å². The minimum absolute atomic E-state index is 0.0643. The molecule has 0 saturated heterocycles. The second-order valence-corrected chi connectivity index (χ2v) is 6.58. The monoisotopic (exact) mass is 270 g/mol. The summed E-state index contributed by atoms with van der Waals surface area (Å²) in [5, 5.41) is 9.27. The Labute approximate surface area is 114 Å². The molecule has 0 spiro atoms. The number of rotatable bonds is 4. The number of nitrogens with two attached hydrogens (primary N) is 1. The molecule has 0 aliphatic heterocycles. The standard InChI is InChI=1S/C13H22N2O2S/c1-8-5-13(6-8,11(14)18)12(17)15(2)7-9-3-10(16)4-9/h8-10,16H,3-7H2,1-2H3,(H2,14,18). The summed E-state index contributed by atoms with van der Waals surface area (Å²) >= 11 is 5.09. The lowest BCUT2D eigenvalue weighted by Crippen LogP contribution is -2.57. The third-order valence-corrected chi connectivity index (χ3v) is 4.76. The van der Waals surface area contributed by atoms with Gasteiger partial charge in [-0.15, -0.1) is 0 Å². The second kappa shape index (κ2) is 4.78. The Hall–Kier alpha value is -0.680. The van der Waals surface area contributed by atoms with Gasteiger partial charge in [0, 0.05) is 13.6 Å². The highest BCUT2D eigenvalue weighted by Gasteiger charge is 2.52. The molecule has 3 N–H and O–H groups in total. The molecule has 2 aliphatic carbocycles. The fourth-order valence-electron chi connectivity index (χ4n) is 3.30. The minimum Gasteiger partial charge on any atom is -0.393 e. The molecule has 5 heteroatoms. The lowest BCUT2D eigenvalue weighted by atomic mass is 9.61. The molecule has 0 aromatic heterocycles. The topological polar surface area (TPSA) is 66.6 Å². The molecule has 0 radical (unpaired) electrons. The zero-order valence-electron chi connectivity index (χ0n) is 11.1. The Bertz CT molecular complexity index is 360. The Morgan fingerprint density at radius 1 is 1.50 bits per heavy atom. The van der Waals surface area contributed by atoms with E-state index in [4.69, 9.17) is 18.0 Å². The van der Waals surface area contributed by atoms with Gasteiger partial charge in [-0.2, -0.15) is 0 Å². The lowest BCUT2D eigenvalue weighted by Gasteiger charge is -2.47. The van der Waals surface area contributed by atoms with E-state index in [2.05, 4.69) is 6.92 Å². The summed E-state index contributed by atoms with van der Waals surface area (Å²) in [7, 11) is 1.82. The molecule has 102 valence electrons. The summed E-state index contributed by atoms with van der Waals surface area (Å²) in [6.45, 7) is 2.82. The maximum absolute atomic E-state index is 12.5. The van der Waals surface area contributed by atoms with Crippen molar-refractivity contribution in [3.63, 3.8) is 0 Å². The first-order valence-electron chi connectivity index (χ1n) is 6.58. The summed E-state index contributed by atoms with van der Waals surface area (Å²) in [5.41, 5.74) is 5.19. The number of carbonyl (C=O) groups excluding carboxylic acids is 1. The van der Waals surface area contributed by atoms with Gasteiger partial charge in [-0.3, -0.25) is 4.79 Å². The largest absolute Gasteiger partial charge is 0.393 e. The number of aliphatic hydroxyl groups excluding tert-OH is 1. The molecule has 0 bridgehead atoms. The van der Waals surface area contributed by atoms with Crippen LogP contribution in [0.3, 0.4) is 0 Å². The maximum atomic E-state index is 12.5. The Balaban J connectivity index is 1.94. The SMILES string of the molecule is CC1CC(C(=O)N(C)CC2CC(O)C2)(C(N)=S)C1. The van der Waals surface area contributed by atoms with E-state index in [0.29, 0.717) is 23.4 Å². The van der Waals surface area contributed by atoms with Crippen molar-refractivity contribution in [3.8, 4) is 0 Å². The number of amides is 1. The summed E-state index contributed by atoms with van der Waals surface area (Å²) in [6, 6.07) is 0. The number of aliphatic hydroxyl groups is 1. The first kappa shape index (κ1) is 13.7. The molecule has 0 unspecified atom stereocenters. The Morgan fingerprint density at radius 2 is 2.06 bits per heavy atom. The van der Waals surface area contributed by atoms with Gasteiger partial charge < -0.3 is 15.7 Å². The van der Waals surface area contributed by atoms with Crippen molar-refractivity contribution in [1.29, 1.82) is 0 Å². The van der Waals surface area contributed by atoms with Gasteiger partial charge in [0.2, 0.25) is 5.91 Å². The molecular weight excluding hydrogens is 248 g/mol. The van der Waals surface area contributed by atoms with E-state index in [1.165, 1.54) is 0 Å². The number of nitrogens with zero attached hydrogens (tertiary/aromatic N) is 1. The van der Waals surface area contributed by atoms with E-state index in [9.17, 15) is 9.90 Å². The Morgan fingerprint density at radius 3 is 2.44 bits per heavy atom. The van der Waals surface area contributed by atoms with Crippen LogP contribution in [0.2, 0.25) is 0 Å². The first-order chi connectivity index (χ1) is 8.35. The van der Waals surface area contributed by atoms with Gasteiger partial charge in [0.05, 0.1) is 16.5 Å². The average Bonchev–Trinajstić information content (AvgIpc) is 2.20. The molecule has 2 rings (SSSR count). The Kier molecular flexibility index (Phi) is 3.65. The molecule has 2 saturated carbocycles. The van der Waals surface area contributed by atoms with E-state index >= 15 is 0 Å². The van der Waals surface area contributed by atoms with Gasteiger partial charge in [0.25, 0.3) is 0 Å². The normalized spacial score (nSPS) is 38.5. The van der Waals surface area contributed by atoms with Gasteiger partial charge in [-0.1, -0.05) is 19.1 Å². The summed E-state index contributed by atoms with van der Waals surface area (Å²) in [6.07, 6.45) is 2.98. The molecule has 0 atom stereocenters. The highest BCUT2D eigenvalue weighted by molar-refractivity contribution is 7.80. The van der Waals surface area contributed by atoms with Crippen LogP contribution in [0.4, 0.5) is 0 Å². The number of thiocarbonyl (C=S) groups is 1. The highest BCUT2D eigenvalue weighted by Crippen LogP contribution is 2.47. The molecule has 18 heavy (non-hydrogen) atoms. The summed E-state index contributed by atoms with van der Waals surface area (Å²) in [5.74, 6) is 1.01. The molecule has 2 fully saturated rings. The van der Waals surface area contributed by atoms with Gasteiger partial charge in [-0.25, -0.2) is 0 Å². The van der Waals surface area contributed by atoms with Crippen LogP contribution in [0, 0.1) is 17.3 Å². The van der Waals surface area contributed by atoms with Crippen molar-refractivity contribution < 1.29 is 9.90 Å². The van der Waals surface area contributed by atoms with Gasteiger partial charge in [0.15, 0.2) is 0 Å². The predicted molar refractivity (Wildman–Crippen MR) is 74.0 cm³/mol. The van der Waals surface area contributed by atoms with E-state index in [0.717, 1.165) is 25.7 Å². The molecule has 2 aliphatic rings. The average molecular weight is 270 g/mol. The zero-order chi connectivity index (χ0) is 13.5. The molecule has 4 nitrogen and oxygen atoms in total. The van der Waals surface area contributed by atoms with Crippen LogP contribution in [-0.2, 0) is 4.79 Å². The van der Waals surface area contributed by atoms with Gasteiger partial charge in [0.1, 0.15) is 0 Å². The van der Waals surface area contributed by atoms with Crippen LogP contribution in [0.5, 0.6) is 0 Å². The third-order valence-electron chi connectivity index (χ3n) is 4.36. The van der Waals surface area contributed by atoms with Crippen LogP contribution < -0.4 is 5.73 Å². The fourth-order valence-corrected chi connectivity index (χ4v) is 3.55. The smallest absolute Gasteiger partial charge is 0.235 e. The molecule has 1 amide bonds. The van der Waals surface area contributed by atoms with Crippen LogP contribution in [0.1, 0.15) is 32.6 Å². The first-order valence-corrected chi connectivity index (χ1v) is 6.99. The number of hydrogen-bond donors (Lipinski definition) is 2. The van der Waals surface area contributed by atoms with Crippen molar-refractivity contribution in [1.82, 2.24) is 4.90 Å². The van der Waals surface area contributed by atoms with Crippen molar-refractivity contribution in [2.45, 2.75) is 38.7 Å². The summed E-state index contributed by atoms with van der Waals surface area (Å²) in [4.78, 5) is 14.6. The number of hydrogen-bond acceptors (Lipinski definition) is 3. The van der Waals surface area contributed by atoms with Gasteiger partial charge >= 0.3 is 0 Å².